The van der Waals surface area contributed by atoms with E-state index in [0.717, 1.165) is 42.5 Å². The minimum absolute atomic E-state index is 0. The SMILES string of the molecule is CCC1CNCCC1c1c(F)ccc2ccoc12.Cl. The Morgan fingerprint density at radius 3 is 3.00 bits per heavy atom. The standard InChI is InChI=1S/C15H18FNO.ClH/c1-2-10-9-17-7-5-12(10)14-13(16)4-3-11-6-8-18-15(11)14;/h3-4,6,8,10,12,17H,2,5,7,9H2,1H3;1H. The van der Waals surface area contributed by atoms with Crippen molar-refractivity contribution in [2.75, 3.05) is 13.1 Å². The minimum Gasteiger partial charge on any atom is -0.464 e. The fourth-order valence-corrected chi connectivity index (χ4v) is 3.11. The second-order valence-electron chi connectivity index (χ2n) is 5.07. The van der Waals surface area contributed by atoms with E-state index >= 15 is 0 Å². The van der Waals surface area contributed by atoms with Gasteiger partial charge in [-0.05, 0) is 49.5 Å². The summed E-state index contributed by atoms with van der Waals surface area (Å²) in [5.74, 6) is 0.637. The van der Waals surface area contributed by atoms with E-state index in [1.807, 2.05) is 6.07 Å². The van der Waals surface area contributed by atoms with E-state index in [0.29, 0.717) is 5.92 Å². The highest BCUT2D eigenvalue weighted by atomic mass is 35.5. The van der Waals surface area contributed by atoms with E-state index in [9.17, 15) is 4.39 Å². The van der Waals surface area contributed by atoms with Gasteiger partial charge in [0.25, 0.3) is 0 Å². The molecular weight excluding hydrogens is 265 g/mol. The van der Waals surface area contributed by atoms with Gasteiger partial charge < -0.3 is 9.73 Å². The number of halogens is 2. The third-order valence-corrected chi connectivity index (χ3v) is 4.11. The molecule has 1 fully saturated rings. The summed E-state index contributed by atoms with van der Waals surface area (Å²) in [5.41, 5.74) is 1.52. The third-order valence-electron chi connectivity index (χ3n) is 4.11. The number of hydrogen-bond donors (Lipinski definition) is 1. The van der Waals surface area contributed by atoms with Crippen LogP contribution in [-0.4, -0.2) is 13.1 Å². The van der Waals surface area contributed by atoms with Crippen molar-refractivity contribution in [3.8, 4) is 0 Å². The van der Waals surface area contributed by atoms with Crippen LogP contribution in [0.5, 0.6) is 0 Å². The molecule has 4 heteroatoms. The largest absolute Gasteiger partial charge is 0.464 e. The van der Waals surface area contributed by atoms with Crippen LogP contribution in [0.4, 0.5) is 4.39 Å². The van der Waals surface area contributed by atoms with Crippen LogP contribution in [0.3, 0.4) is 0 Å². The van der Waals surface area contributed by atoms with Gasteiger partial charge in [0.05, 0.1) is 6.26 Å². The number of rotatable bonds is 2. The molecule has 2 aromatic rings. The van der Waals surface area contributed by atoms with Gasteiger partial charge in [0.15, 0.2) is 0 Å². The van der Waals surface area contributed by atoms with Crippen molar-refractivity contribution in [1.29, 1.82) is 0 Å². The number of furan rings is 1. The topological polar surface area (TPSA) is 25.2 Å². The van der Waals surface area contributed by atoms with Gasteiger partial charge in [-0.15, -0.1) is 12.4 Å². The molecule has 0 amide bonds. The summed E-state index contributed by atoms with van der Waals surface area (Å²) < 4.78 is 19.7. The smallest absolute Gasteiger partial charge is 0.140 e. The molecule has 2 nitrogen and oxygen atoms in total. The average Bonchev–Trinajstić information content (AvgIpc) is 2.87. The van der Waals surface area contributed by atoms with Gasteiger partial charge in [-0.1, -0.05) is 13.3 Å². The van der Waals surface area contributed by atoms with Crippen molar-refractivity contribution in [3.63, 3.8) is 0 Å². The van der Waals surface area contributed by atoms with Gasteiger partial charge in [-0.3, -0.25) is 0 Å². The lowest BCUT2D eigenvalue weighted by atomic mass is 9.79. The molecule has 19 heavy (non-hydrogen) atoms. The summed E-state index contributed by atoms with van der Waals surface area (Å²) >= 11 is 0. The Labute approximate surface area is 118 Å². The first-order valence-corrected chi connectivity index (χ1v) is 6.67. The number of piperidine rings is 1. The Bertz CT molecular complexity index is 554. The average molecular weight is 284 g/mol. The zero-order valence-electron chi connectivity index (χ0n) is 11.0. The molecule has 0 saturated carbocycles. The highest BCUT2D eigenvalue weighted by molar-refractivity contribution is 5.85. The van der Waals surface area contributed by atoms with Crippen LogP contribution < -0.4 is 5.32 Å². The van der Waals surface area contributed by atoms with E-state index in [1.54, 1.807) is 18.4 Å². The second-order valence-corrected chi connectivity index (χ2v) is 5.07. The number of benzene rings is 1. The molecule has 1 aliphatic rings. The van der Waals surface area contributed by atoms with Crippen LogP contribution in [0.25, 0.3) is 11.0 Å². The van der Waals surface area contributed by atoms with Crippen LogP contribution in [0.1, 0.15) is 31.2 Å². The Morgan fingerprint density at radius 2 is 2.21 bits per heavy atom. The van der Waals surface area contributed by atoms with Crippen molar-refractivity contribution in [2.45, 2.75) is 25.7 Å². The molecular formula is C15H19ClFNO. The minimum atomic E-state index is -0.122. The summed E-state index contributed by atoms with van der Waals surface area (Å²) in [4.78, 5) is 0. The molecule has 0 bridgehead atoms. The molecule has 2 atom stereocenters. The predicted octanol–water partition coefficient (Wildman–Crippen LogP) is 4.10. The van der Waals surface area contributed by atoms with E-state index in [1.165, 1.54) is 0 Å². The quantitative estimate of drug-likeness (QED) is 0.898. The molecule has 2 heterocycles. The van der Waals surface area contributed by atoms with Gasteiger partial charge in [-0.2, -0.15) is 0 Å². The summed E-state index contributed by atoms with van der Waals surface area (Å²) in [7, 11) is 0. The monoisotopic (exact) mass is 283 g/mol. The number of fused-ring (bicyclic) bond motifs is 1. The van der Waals surface area contributed by atoms with Crippen molar-refractivity contribution >= 4 is 23.4 Å². The van der Waals surface area contributed by atoms with Crippen molar-refractivity contribution in [3.05, 3.63) is 35.8 Å². The van der Waals surface area contributed by atoms with Crippen LogP contribution >= 0.6 is 12.4 Å². The Balaban J connectivity index is 0.00000133. The van der Waals surface area contributed by atoms with Crippen LogP contribution in [0, 0.1) is 11.7 Å². The molecule has 1 N–H and O–H groups in total. The number of nitrogens with one attached hydrogen (secondary N) is 1. The molecule has 104 valence electrons. The van der Waals surface area contributed by atoms with Gasteiger partial charge in [0.1, 0.15) is 11.4 Å². The summed E-state index contributed by atoms with van der Waals surface area (Å²) in [6, 6.07) is 5.27. The van der Waals surface area contributed by atoms with Crippen LogP contribution in [0.15, 0.2) is 28.9 Å². The molecule has 0 aliphatic carbocycles. The van der Waals surface area contributed by atoms with E-state index in [4.69, 9.17) is 4.42 Å². The summed E-state index contributed by atoms with van der Waals surface area (Å²) in [5, 5.41) is 4.39. The maximum atomic E-state index is 14.2. The Morgan fingerprint density at radius 1 is 1.37 bits per heavy atom. The zero-order valence-corrected chi connectivity index (χ0v) is 11.8. The summed E-state index contributed by atoms with van der Waals surface area (Å²) in [6.45, 7) is 4.10. The van der Waals surface area contributed by atoms with Crippen molar-refractivity contribution in [1.82, 2.24) is 5.32 Å². The molecule has 0 radical (unpaired) electrons. The first-order valence-electron chi connectivity index (χ1n) is 6.67. The van der Waals surface area contributed by atoms with Gasteiger partial charge >= 0.3 is 0 Å². The maximum Gasteiger partial charge on any atom is 0.140 e. The van der Waals surface area contributed by atoms with Gasteiger partial charge in [0, 0.05) is 10.9 Å². The van der Waals surface area contributed by atoms with Crippen molar-refractivity contribution in [2.24, 2.45) is 5.92 Å². The fraction of sp³-hybridized carbons (Fsp3) is 0.467. The lowest BCUT2D eigenvalue weighted by Gasteiger charge is -2.32. The maximum absolute atomic E-state index is 14.2. The second kappa shape index (κ2) is 5.93. The van der Waals surface area contributed by atoms with E-state index < -0.39 is 0 Å². The molecule has 3 rings (SSSR count). The fourth-order valence-electron chi connectivity index (χ4n) is 3.11. The lowest BCUT2D eigenvalue weighted by Crippen LogP contribution is -2.35. The predicted molar refractivity (Wildman–Crippen MR) is 77.4 cm³/mol. The van der Waals surface area contributed by atoms with Gasteiger partial charge in [0.2, 0.25) is 0 Å². The molecule has 2 unspecified atom stereocenters. The van der Waals surface area contributed by atoms with Crippen LogP contribution in [0.2, 0.25) is 0 Å². The zero-order chi connectivity index (χ0) is 12.5. The van der Waals surface area contributed by atoms with Crippen LogP contribution in [-0.2, 0) is 0 Å². The van der Waals surface area contributed by atoms with Crippen molar-refractivity contribution < 1.29 is 8.81 Å². The molecule has 0 spiro atoms. The lowest BCUT2D eigenvalue weighted by molar-refractivity contribution is 0.311. The Kier molecular flexibility index (Phi) is 4.48. The molecule has 1 aliphatic heterocycles. The third kappa shape index (κ3) is 2.49. The first-order chi connectivity index (χ1) is 8.81. The normalized spacial score (nSPS) is 23.3. The van der Waals surface area contributed by atoms with E-state index in [-0.39, 0.29) is 24.1 Å². The summed E-state index contributed by atoms with van der Waals surface area (Å²) in [6.07, 6.45) is 3.69. The molecule has 1 aromatic carbocycles. The highest BCUT2D eigenvalue weighted by Crippen LogP contribution is 2.38. The highest BCUT2D eigenvalue weighted by Gasteiger charge is 2.29. The first kappa shape index (κ1) is 14.4. The van der Waals surface area contributed by atoms with E-state index in [2.05, 4.69) is 12.2 Å². The molecule has 1 aromatic heterocycles. The Hall–Kier alpha value is -1.06. The number of hydrogen-bond acceptors (Lipinski definition) is 2. The van der Waals surface area contributed by atoms with Gasteiger partial charge in [-0.25, -0.2) is 4.39 Å². The molecule has 1 saturated heterocycles.